The molecule has 2 atom stereocenters. The molecular formula is C21H20Br2N2O. The molecule has 26 heavy (non-hydrogen) atoms. The molecule has 5 heteroatoms. The van der Waals surface area contributed by atoms with E-state index in [1.165, 1.54) is 11.1 Å². The third kappa shape index (κ3) is 4.92. The number of halogens is 2. The highest BCUT2D eigenvalue weighted by Gasteiger charge is 2.31. The second kappa shape index (κ2) is 8.78. The second-order valence-electron chi connectivity index (χ2n) is 6.54. The van der Waals surface area contributed by atoms with Crippen LogP contribution in [-0.2, 0) is 4.79 Å². The summed E-state index contributed by atoms with van der Waals surface area (Å²) >= 11 is 6.88. The normalized spacial score (nSPS) is 20.0. The van der Waals surface area contributed by atoms with Gasteiger partial charge in [0.1, 0.15) is 0 Å². The molecule has 0 saturated carbocycles. The summed E-state index contributed by atoms with van der Waals surface area (Å²) in [6, 6.07) is 16.0. The lowest BCUT2D eigenvalue weighted by Crippen LogP contribution is -2.33. The number of carbonyl (C=O) groups is 1. The van der Waals surface area contributed by atoms with Crippen LogP contribution in [0.2, 0.25) is 0 Å². The Morgan fingerprint density at radius 2 is 1.69 bits per heavy atom. The van der Waals surface area contributed by atoms with Crippen LogP contribution in [0.1, 0.15) is 36.8 Å². The van der Waals surface area contributed by atoms with Gasteiger partial charge < -0.3 is 0 Å². The van der Waals surface area contributed by atoms with Gasteiger partial charge in [0.2, 0.25) is 5.91 Å². The van der Waals surface area contributed by atoms with Gasteiger partial charge in [-0.15, -0.1) is 0 Å². The molecule has 1 N–H and O–H groups in total. The molecule has 1 aliphatic carbocycles. The Balaban J connectivity index is 1.71. The van der Waals surface area contributed by atoms with Crippen LogP contribution in [0.3, 0.4) is 0 Å². The van der Waals surface area contributed by atoms with Crippen molar-refractivity contribution in [2.75, 3.05) is 0 Å². The molecule has 2 aromatic rings. The Hall–Kier alpha value is -1.72. The van der Waals surface area contributed by atoms with Crippen molar-refractivity contribution < 1.29 is 4.79 Å². The van der Waals surface area contributed by atoms with Gasteiger partial charge in [0, 0.05) is 8.95 Å². The van der Waals surface area contributed by atoms with Crippen LogP contribution in [-0.4, -0.2) is 12.1 Å². The lowest BCUT2D eigenvalue weighted by molar-refractivity contribution is -0.125. The van der Waals surface area contributed by atoms with Crippen molar-refractivity contribution in [2.45, 2.75) is 25.7 Å². The summed E-state index contributed by atoms with van der Waals surface area (Å²) < 4.78 is 2.06. The monoisotopic (exact) mass is 474 g/mol. The summed E-state index contributed by atoms with van der Waals surface area (Å²) in [5, 5.41) is 4.14. The molecule has 1 aliphatic rings. The number of carbonyl (C=O) groups excluding carboxylic acids is 1. The summed E-state index contributed by atoms with van der Waals surface area (Å²) in [5.41, 5.74) is 6.19. The fourth-order valence-electron chi connectivity index (χ4n) is 3.22. The van der Waals surface area contributed by atoms with E-state index in [0.717, 1.165) is 27.4 Å². The third-order valence-electron chi connectivity index (χ3n) is 4.64. The lowest BCUT2D eigenvalue weighted by Gasteiger charge is -2.29. The van der Waals surface area contributed by atoms with Gasteiger partial charge in [-0.25, -0.2) is 5.43 Å². The highest BCUT2D eigenvalue weighted by Crippen LogP contribution is 2.38. The molecule has 0 bridgehead atoms. The minimum absolute atomic E-state index is 0.0324. The number of hydrogen-bond donors (Lipinski definition) is 1. The van der Waals surface area contributed by atoms with Gasteiger partial charge >= 0.3 is 0 Å². The van der Waals surface area contributed by atoms with E-state index in [0.29, 0.717) is 0 Å². The molecular weight excluding hydrogens is 456 g/mol. The minimum atomic E-state index is -0.109. The first kappa shape index (κ1) is 19.1. The van der Waals surface area contributed by atoms with Gasteiger partial charge in [-0.05, 0) is 61.1 Å². The number of amides is 1. The van der Waals surface area contributed by atoms with Gasteiger partial charge in [0.15, 0.2) is 0 Å². The Morgan fingerprint density at radius 1 is 1.08 bits per heavy atom. The van der Waals surface area contributed by atoms with E-state index in [2.05, 4.69) is 67.5 Å². The van der Waals surface area contributed by atoms with Gasteiger partial charge in [0.05, 0.1) is 12.1 Å². The number of allylic oxidation sites excluding steroid dienone is 2. The van der Waals surface area contributed by atoms with E-state index in [1.807, 2.05) is 36.4 Å². The maximum atomic E-state index is 12.7. The van der Waals surface area contributed by atoms with Gasteiger partial charge in [-0.2, -0.15) is 5.10 Å². The van der Waals surface area contributed by atoms with E-state index in [9.17, 15) is 4.79 Å². The highest BCUT2D eigenvalue weighted by atomic mass is 79.9. The van der Waals surface area contributed by atoms with Crippen molar-refractivity contribution in [3.63, 3.8) is 0 Å². The van der Waals surface area contributed by atoms with Crippen LogP contribution < -0.4 is 5.43 Å². The number of nitrogens with zero attached hydrogens (tertiary/aromatic N) is 1. The first-order valence-electron chi connectivity index (χ1n) is 8.52. The fourth-order valence-corrected chi connectivity index (χ4v) is 3.75. The van der Waals surface area contributed by atoms with Crippen molar-refractivity contribution in [1.82, 2.24) is 5.43 Å². The SMILES string of the molecule is CC1=CCC(C(=O)NN=Cc2ccc(Br)cc2)C(c2ccc(Br)cc2)C1. The third-order valence-corrected chi connectivity index (χ3v) is 5.70. The molecule has 3 nitrogen and oxygen atoms in total. The zero-order valence-corrected chi connectivity index (χ0v) is 17.6. The summed E-state index contributed by atoms with van der Waals surface area (Å²) in [6.45, 7) is 2.13. The van der Waals surface area contributed by atoms with Crippen LogP contribution in [0.4, 0.5) is 0 Å². The highest BCUT2D eigenvalue weighted by molar-refractivity contribution is 9.10. The molecule has 0 aliphatic heterocycles. The quantitative estimate of drug-likeness (QED) is 0.338. The first-order valence-corrected chi connectivity index (χ1v) is 10.1. The van der Waals surface area contributed by atoms with Crippen LogP contribution >= 0.6 is 31.9 Å². The van der Waals surface area contributed by atoms with E-state index in [-0.39, 0.29) is 17.7 Å². The van der Waals surface area contributed by atoms with Crippen molar-refractivity contribution in [3.05, 3.63) is 80.3 Å². The number of rotatable bonds is 4. The Morgan fingerprint density at radius 3 is 2.35 bits per heavy atom. The van der Waals surface area contributed by atoms with E-state index in [1.54, 1.807) is 6.21 Å². The van der Waals surface area contributed by atoms with Gasteiger partial charge in [-0.1, -0.05) is 67.8 Å². The van der Waals surface area contributed by atoms with Crippen molar-refractivity contribution >= 4 is 44.0 Å². The van der Waals surface area contributed by atoms with Crippen LogP contribution in [0.5, 0.6) is 0 Å². The zero-order valence-electron chi connectivity index (χ0n) is 14.5. The molecule has 0 spiro atoms. The predicted molar refractivity (Wildman–Crippen MR) is 113 cm³/mol. The predicted octanol–water partition coefficient (Wildman–Crippen LogP) is 5.80. The largest absolute Gasteiger partial charge is 0.273 e. The van der Waals surface area contributed by atoms with E-state index >= 15 is 0 Å². The van der Waals surface area contributed by atoms with Crippen molar-refractivity contribution in [3.8, 4) is 0 Å². The molecule has 134 valence electrons. The van der Waals surface area contributed by atoms with Crippen LogP contribution in [0.15, 0.2) is 74.2 Å². The van der Waals surface area contributed by atoms with Crippen LogP contribution in [0.25, 0.3) is 0 Å². The van der Waals surface area contributed by atoms with E-state index in [4.69, 9.17) is 0 Å². The van der Waals surface area contributed by atoms with Gasteiger partial charge in [0.25, 0.3) is 0 Å². The molecule has 0 aromatic heterocycles. The maximum absolute atomic E-state index is 12.7. The smallest absolute Gasteiger partial charge is 0.244 e. The van der Waals surface area contributed by atoms with Gasteiger partial charge in [-0.3, -0.25) is 4.79 Å². The average molecular weight is 476 g/mol. The molecule has 1 amide bonds. The molecule has 0 heterocycles. The van der Waals surface area contributed by atoms with Crippen molar-refractivity contribution in [1.29, 1.82) is 0 Å². The molecule has 3 rings (SSSR count). The number of hydrazone groups is 1. The molecule has 0 radical (unpaired) electrons. The maximum Gasteiger partial charge on any atom is 0.244 e. The van der Waals surface area contributed by atoms with Crippen LogP contribution in [0, 0.1) is 5.92 Å². The summed E-state index contributed by atoms with van der Waals surface area (Å²) in [6.07, 6.45) is 5.48. The Bertz CT molecular complexity index is 826. The summed E-state index contributed by atoms with van der Waals surface area (Å²) in [5.74, 6) is 0.0351. The van der Waals surface area contributed by atoms with Crippen molar-refractivity contribution in [2.24, 2.45) is 11.0 Å². The number of hydrogen-bond acceptors (Lipinski definition) is 2. The average Bonchev–Trinajstić information content (AvgIpc) is 2.64. The molecule has 0 fully saturated rings. The first-order chi connectivity index (χ1) is 12.5. The summed E-state index contributed by atoms with van der Waals surface area (Å²) in [4.78, 5) is 12.7. The topological polar surface area (TPSA) is 41.5 Å². The Kier molecular flexibility index (Phi) is 6.43. The minimum Gasteiger partial charge on any atom is -0.273 e. The van der Waals surface area contributed by atoms with E-state index < -0.39 is 0 Å². The second-order valence-corrected chi connectivity index (χ2v) is 8.37. The lowest BCUT2D eigenvalue weighted by atomic mass is 9.75. The molecule has 2 aromatic carbocycles. The Labute approximate surface area is 170 Å². The summed E-state index contributed by atoms with van der Waals surface area (Å²) in [7, 11) is 0. The fraction of sp³-hybridized carbons (Fsp3) is 0.238. The molecule has 0 saturated heterocycles. The zero-order chi connectivity index (χ0) is 18.5. The molecule has 2 unspecified atom stereocenters. The number of benzene rings is 2. The standard InChI is InChI=1S/C21H20Br2N2O/c1-14-2-11-19(20(12-14)16-5-9-18(23)10-6-16)21(26)25-24-13-15-3-7-17(22)8-4-15/h2-10,13,19-20H,11-12H2,1H3,(H,25,26). The number of nitrogens with one attached hydrogen (secondary N) is 1.